The summed E-state index contributed by atoms with van der Waals surface area (Å²) in [7, 11) is 0. The van der Waals surface area contributed by atoms with Crippen molar-refractivity contribution >= 4 is 45.7 Å². The molecule has 3 rings (SSSR count). The smallest absolute Gasteiger partial charge is 0.238 e. The average Bonchev–Trinajstić information content (AvgIpc) is 3.04. The van der Waals surface area contributed by atoms with Crippen LogP contribution in [0.1, 0.15) is 39.0 Å². The quantitative estimate of drug-likeness (QED) is 0.706. The number of halogens is 1. The van der Waals surface area contributed by atoms with Crippen LogP contribution >= 0.6 is 34.7 Å². The second-order valence-corrected chi connectivity index (χ2v) is 8.96. The second kappa shape index (κ2) is 8.37. The minimum atomic E-state index is -0.0548. The molecule has 0 bridgehead atoms. The fourth-order valence-electron chi connectivity index (χ4n) is 2.88. The molecule has 2 aromatic rings. The molecule has 1 aromatic carbocycles. The highest BCUT2D eigenvalue weighted by Crippen LogP contribution is 2.33. The SMILES string of the molecule is CC(SC1CCCCC1)C(=O)Nc1nc(-c2ccccc2Cl)cs1. The van der Waals surface area contributed by atoms with Gasteiger partial charge in [-0.3, -0.25) is 4.79 Å². The lowest BCUT2D eigenvalue weighted by atomic mass is 10.0. The van der Waals surface area contributed by atoms with Crippen molar-refractivity contribution in [3.05, 3.63) is 34.7 Å². The monoisotopic (exact) mass is 380 g/mol. The molecule has 1 N–H and O–H groups in total. The number of thiazole rings is 1. The Bertz CT molecular complexity index is 698. The van der Waals surface area contributed by atoms with Gasteiger partial charge in [0.15, 0.2) is 5.13 Å². The van der Waals surface area contributed by atoms with Gasteiger partial charge in [-0.2, -0.15) is 0 Å². The van der Waals surface area contributed by atoms with E-state index in [2.05, 4.69) is 10.3 Å². The maximum Gasteiger partial charge on any atom is 0.238 e. The van der Waals surface area contributed by atoms with E-state index in [9.17, 15) is 4.79 Å². The summed E-state index contributed by atoms with van der Waals surface area (Å²) in [6, 6.07) is 7.61. The van der Waals surface area contributed by atoms with Gasteiger partial charge < -0.3 is 5.32 Å². The third-order valence-corrected chi connectivity index (χ3v) is 6.77. The van der Waals surface area contributed by atoms with Crippen LogP contribution in [0.2, 0.25) is 5.02 Å². The van der Waals surface area contributed by atoms with Gasteiger partial charge in [-0.15, -0.1) is 23.1 Å². The molecule has 1 atom stereocenters. The molecule has 1 aromatic heterocycles. The number of hydrogen-bond acceptors (Lipinski definition) is 4. The molecule has 1 fully saturated rings. The van der Waals surface area contributed by atoms with E-state index in [1.54, 1.807) is 11.8 Å². The zero-order valence-electron chi connectivity index (χ0n) is 13.6. The average molecular weight is 381 g/mol. The van der Waals surface area contributed by atoms with Gasteiger partial charge in [0.05, 0.1) is 10.9 Å². The number of thioether (sulfide) groups is 1. The first-order valence-electron chi connectivity index (χ1n) is 8.30. The van der Waals surface area contributed by atoms with Gasteiger partial charge in [-0.05, 0) is 25.8 Å². The lowest BCUT2D eigenvalue weighted by Gasteiger charge is -2.23. The van der Waals surface area contributed by atoms with Crippen LogP contribution in [0.3, 0.4) is 0 Å². The summed E-state index contributed by atoms with van der Waals surface area (Å²) in [6.45, 7) is 1.98. The molecular formula is C18H21ClN2OS2. The first kappa shape index (κ1) is 17.8. The Kier molecular flexibility index (Phi) is 6.19. The Labute approximate surface area is 156 Å². The second-order valence-electron chi connectivity index (χ2n) is 6.05. The Morgan fingerprint density at radius 3 is 2.83 bits per heavy atom. The number of nitrogens with zero attached hydrogens (tertiary/aromatic N) is 1. The molecule has 128 valence electrons. The molecule has 24 heavy (non-hydrogen) atoms. The molecule has 0 saturated heterocycles. The fraction of sp³-hybridized carbons (Fsp3) is 0.444. The van der Waals surface area contributed by atoms with E-state index in [0.29, 0.717) is 15.4 Å². The summed E-state index contributed by atoms with van der Waals surface area (Å²) >= 11 is 9.44. The third-order valence-electron chi connectivity index (χ3n) is 4.20. The normalized spacial score (nSPS) is 16.8. The van der Waals surface area contributed by atoms with Crippen molar-refractivity contribution in [3.8, 4) is 11.3 Å². The topological polar surface area (TPSA) is 42.0 Å². The molecule has 3 nitrogen and oxygen atoms in total. The molecule has 6 heteroatoms. The highest BCUT2D eigenvalue weighted by molar-refractivity contribution is 8.01. The van der Waals surface area contributed by atoms with Crippen LogP contribution in [0.25, 0.3) is 11.3 Å². The number of carbonyl (C=O) groups is 1. The van der Waals surface area contributed by atoms with Gasteiger partial charge in [-0.1, -0.05) is 49.1 Å². The molecule has 1 unspecified atom stereocenters. The fourth-order valence-corrected chi connectivity index (χ4v) is 5.19. The number of aromatic nitrogens is 1. The first-order chi connectivity index (χ1) is 11.6. The number of rotatable bonds is 5. The van der Waals surface area contributed by atoms with Gasteiger partial charge in [0.25, 0.3) is 0 Å². The van der Waals surface area contributed by atoms with E-state index in [0.717, 1.165) is 11.3 Å². The predicted octanol–water partition coefficient (Wildman–Crippen LogP) is 5.86. The standard InChI is InChI=1S/C18H21ClN2OS2/c1-12(24-13-7-3-2-4-8-13)17(22)21-18-20-16(11-23-18)14-9-5-6-10-15(14)19/h5-6,9-13H,2-4,7-8H2,1H3,(H,20,21,22). The van der Waals surface area contributed by atoms with Crippen LogP contribution in [0.4, 0.5) is 5.13 Å². The Balaban J connectivity index is 1.59. The molecule has 0 radical (unpaired) electrons. The van der Waals surface area contributed by atoms with Crippen molar-refractivity contribution in [1.82, 2.24) is 4.98 Å². The van der Waals surface area contributed by atoms with Crippen molar-refractivity contribution in [2.45, 2.75) is 49.5 Å². The van der Waals surface area contributed by atoms with Crippen molar-refractivity contribution in [2.75, 3.05) is 5.32 Å². The molecule has 1 heterocycles. The number of nitrogens with one attached hydrogen (secondary N) is 1. The minimum Gasteiger partial charge on any atom is -0.301 e. The summed E-state index contributed by atoms with van der Waals surface area (Å²) in [4.78, 5) is 16.9. The molecule has 0 aliphatic heterocycles. The Hall–Kier alpha value is -1.04. The maximum absolute atomic E-state index is 12.4. The van der Waals surface area contributed by atoms with Crippen LogP contribution in [0, 0.1) is 0 Å². The lowest BCUT2D eigenvalue weighted by molar-refractivity contribution is -0.115. The van der Waals surface area contributed by atoms with E-state index in [4.69, 9.17) is 11.6 Å². The maximum atomic E-state index is 12.4. The van der Waals surface area contributed by atoms with Gasteiger partial charge in [-0.25, -0.2) is 4.98 Å². The van der Waals surface area contributed by atoms with Gasteiger partial charge in [0.1, 0.15) is 0 Å². The summed E-state index contributed by atoms with van der Waals surface area (Å²) in [5, 5.41) is 6.74. The Morgan fingerprint density at radius 2 is 2.08 bits per heavy atom. The number of amides is 1. The van der Waals surface area contributed by atoms with Gasteiger partial charge >= 0.3 is 0 Å². The molecule has 1 saturated carbocycles. The summed E-state index contributed by atoms with van der Waals surface area (Å²) in [5.74, 6) is 0.0330. The number of hydrogen-bond donors (Lipinski definition) is 1. The molecule has 1 aliphatic rings. The number of benzene rings is 1. The minimum absolute atomic E-state index is 0.0330. The summed E-state index contributed by atoms with van der Waals surface area (Å²) < 4.78 is 0. The predicted molar refractivity (Wildman–Crippen MR) is 105 cm³/mol. The molecule has 1 amide bonds. The van der Waals surface area contributed by atoms with E-state index in [1.807, 2.05) is 36.6 Å². The van der Waals surface area contributed by atoms with E-state index in [-0.39, 0.29) is 11.2 Å². The molecule has 0 spiro atoms. The van der Waals surface area contributed by atoms with Gasteiger partial charge in [0, 0.05) is 21.2 Å². The van der Waals surface area contributed by atoms with Crippen molar-refractivity contribution < 1.29 is 4.79 Å². The van der Waals surface area contributed by atoms with Crippen molar-refractivity contribution in [1.29, 1.82) is 0 Å². The number of anilines is 1. The molecular weight excluding hydrogens is 360 g/mol. The zero-order chi connectivity index (χ0) is 16.9. The molecule has 1 aliphatic carbocycles. The van der Waals surface area contributed by atoms with Crippen LogP contribution in [0.5, 0.6) is 0 Å². The van der Waals surface area contributed by atoms with Crippen LogP contribution in [0.15, 0.2) is 29.6 Å². The third kappa shape index (κ3) is 4.52. The van der Waals surface area contributed by atoms with E-state index < -0.39 is 0 Å². The highest BCUT2D eigenvalue weighted by Gasteiger charge is 2.22. The Morgan fingerprint density at radius 1 is 1.33 bits per heavy atom. The first-order valence-corrected chi connectivity index (χ1v) is 10.5. The van der Waals surface area contributed by atoms with Crippen LogP contribution < -0.4 is 5.32 Å². The van der Waals surface area contributed by atoms with E-state index in [1.165, 1.54) is 43.4 Å². The van der Waals surface area contributed by atoms with Crippen molar-refractivity contribution in [3.63, 3.8) is 0 Å². The zero-order valence-corrected chi connectivity index (χ0v) is 16.0. The van der Waals surface area contributed by atoms with E-state index >= 15 is 0 Å². The number of carbonyl (C=O) groups excluding carboxylic acids is 1. The van der Waals surface area contributed by atoms with Crippen LogP contribution in [-0.4, -0.2) is 21.4 Å². The van der Waals surface area contributed by atoms with Crippen LogP contribution in [-0.2, 0) is 4.79 Å². The highest BCUT2D eigenvalue weighted by atomic mass is 35.5. The van der Waals surface area contributed by atoms with Crippen molar-refractivity contribution in [2.24, 2.45) is 0 Å². The summed E-state index contributed by atoms with van der Waals surface area (Å²) in [6.07, 6.45) is 6.38. The summed E-state index contributed by atoms with van der Waals surface area (Å²) in [5.41, 5.74) is 1.69. The lowest BCUT2D eigenvalue weighted by Crippen LogP contribution is -2.25. The van der Waals surface area contributed by atoms with Gasteiger partial charge in [0.2, 0.25) is 5.91 Å². The largest absolute Gasteiger partial charge is 0.301 e.